The smallest absolute Gasteiger partial charge is 0.257 e. The summed E-state index contributed by atoms with van der Waals surface area (Å²) in [6, 6.07) is 16.5. The zero-order valence-corrected chi connectivity index (χ0v) is 13.4. The minimum absolute atomic E-state index is 0.202. The summed E-state index contributed by atoms with van der Waals surface area (Å²) in [5.41, 5.74) is 2.74. The molecule has 0 aliphatic rings. The molecule has 6 nitrogen and oxygen atoms in total. The van der Waals surface area contributed by atoms with Gasteiger partial charge in [-0.3, -0.25) is 9.78 Å². The number of hydrogen-bond donors (Lipinski definition) is 1. The van der Waals surface area contributed by atoms with Crippen molar-refractivity contribution < 1.29 is 9.32 Å². The van der Waals surface area contributed by atoms with Crippen LogP contribution in [0.15, 0.2) is 65.3 Å². The molecule has 0 radical (unpaired) electrons. The maximum absolute atomic E-state index is 12.5. The molecule has 0 bridgehead atoms. The number of benzene rings is 2. The highest BCUT2D eigenvalue weighted by Crippen LogP contribution is 2.22. The van der Waals surface area contributed by atoms with Crippen molar-refractivity contribution in [2.75, 3.05) is 5.32 Å². The number of rotatable bonds is 3. The van der Waals surface area contributed by atoms with Gasteiger partial charge >= 0.3 is 0 Å². The van der Waals surface area contributed by atoms with E-state index in [1.54, 1.807) is 37.4 Å². The zero-order valence-electron chi connectivity index (χ0n) is 13.4. The van der Waals surface area contributed by atoms with E-state index in [0.717, 1.165) is 16.5 Å². The average molecular weight is 330 g/mol. The highest BCUT2D eigenvalue weighted by molar-refractivity contribution is 6.08. The maximum Gasteiger partial charge on any atom is 0.257 e. The summed E-state index contributed by atoms with van der Waals surface area (Å²) >= 11 is 0. The summed E-state index contributed by atoms with van der Waals surface area (Å²) in [5.74, 6) is 0.800. The number of aromatic nitrogens is 3. The van der Waals surface area contributed by atoms with Crippen LogP contribution >= 0.6 is 0 Å². The number of hydrogen-bond acceptors (Lipinski definition) is 5. The van der Waals surface area contributed by atoms with Crippen molar-refractivity contribution in [2.24, 2.45) is 0 Å². The Hall–Kier alpha value is -3.54. The second-order valence-corrected chi connectivity index (χ2v) is 5.56. The number of pyridine rings is 1. The topological polar surface area (TPSA) is 80.9 Å². The van der Waals surface area contributed by atoms with E-state index in [9.17, 15) is 4.79 Å². The van der Waals surface area contributed by atoms with Gasteiger partial charge in [0.1, 0.15) is 0 Å². The van der Waals surface area contributed by atoms with Crippen molar-refractivity contribution in [2.45, 2.75) is 6.92 Å². The number of para-hydroxylation sites is 1. The first kappa shape index (κ1) is 15.0. The molecule has 6 heteroatoms. The van der Waals surface area contributed by atoms with E-state index >= 15 is 0 Å². The molecule has 25 heavy (non-hydrogen) atoms. The number of carbonyl (C=O) groups is 1. The third-order valence-electron chi connectivity index (χ3n) is 3.80. The van der Waals surface area contributed by atoms with Gasteiger partial charge in [0.25, 0.3) is 11.8 Å². The first-order valence-corrected chi connectivity index (χ1v) is 7.76. The number of amides is 1. The van der Waals surface area contributed by atoms with Gasteiger partial charge in [0, 0.05) is 22.7 Å². The van der Waals surface area contributed by atoms with Crippen LogP contribution in [0.3, 0.4) is 0 Å². The maximum atomic E-state index is 12.5. The molecule has 1 amide bonds. The zero-order chi connectivity index (χ0) is 17.2. The molecule has 4 rings (SSSR count). The standard InChI is InChI=1S/C19H14N4O2/c1-12-21-19(25-23-12)15-9-7-14(8-10-15)18(24)22-16-6-2-4-13-5-3-11-20-17(13)16/h2-11H,1H3,(H,22,24). The summed E-state index contributed by atoms with van der Waals surface area (Å²) in [6.45, 7) is 1.76. The lowest BCUT2D eigenvalue weighted by Crippen LogP contribution is -2.12. The van der Waals surface area contributed by atoms with Crippen molar-refractivity contribution in [3.8, 4) is 11.5 Å². The van der Waals surface area contributed by atoms with E-state index in [-0.39, 0.29) is 5.91 Å². The summed E-state index contributed by atoms with van der Waals surface area (Å²) in [7, 11) is 0. The fraction of sp³-hybridized carbons (Fsp3) is 0.0526. The monoisotopic (exact) mass is 330 g/mol. The molecule has 122 valence electrons. The minimum Gasteiger partial charge on any atom is -0.334 e. The highest BCUT2D eigenvalue weighted by Gasteiger charge is 2.11. The molecule has 4 aromatic rings. The normalized spacial score (nSPS) is 10.8. The Bertz CT molecular complexity index is 1050. The number of carbonyl (C=O) groups excluding carboxylic acids is 1. The lowest BCUT2D eigenvalue weighted by atomic mass is 10.1. The predicted octanol–water partition coefficient (Wildman–Crippen LogP) is 3.85. The number of nitrogens with zero attached hydrogens (tertiary/aromatic N) is 3. The second kappa shape index (κ2) is 6.16. The van der Waals surface area contributed by atoms with Crippen LogP contribution < -0.4 is 5.32 Å². The van der Waals surface area contributed by atoms with Gasteiger partial charge in [0.05, 0.1) is 11.2 Å². The van der Waals surface area contributed by atoms with Crippen molar-refractivity contribution in [3.05, 3.63) is 72.2 Å². The molecule has 1 N–H and O–H groups in total. The summed E-state index contributed by atoms with van der Waals surface area (Å²) in [5, 5.41) is 7.65. The fourth-order valence-corrected chi connectivity index (χ4v) is 2.58. The average Bonchev–Trinajstić information content (AvgIpc) is 3.08. The molecule has 0 saturated carbocycles. The van der Waals surface area contributed by atoms with Crippen LogP contribution in [0.25, 0.3) is 22.4 Å². The van der Waals surface area contributed by atoms with Crippen LogP contribution in [0.4, 0.5) is 5.69 Å². The van der Waals surface area contributed by atoms with E-state index in [0.29, 0.717) is 23.0 Å². The second-order valence-electron chi connectivity index (χ2n) is 5.56. The van der Waals surface area contributed by atoms with Crippen LogP contribution in [0, 0.1) is 6.92 Å². The fourth-order valence-electron chi connectivity index (χ4n) is 2.58. The molecule has 0 aliphatic heterocycles. The minimum atomic E-state index is -0.202. The van der Waals surface area contributed by atoms with Gasteiger partial charge in [0.2, 0.25) is 0 Å². The Kier molecular flexibility index (Phi) is 3.70. The van der Waals surface area contributed by atoms with Gasteiger partial charge in [0.15, 0.2) is 5.82 Å². The molecule has 0 atom stereocenters. The van der Waals surface area contributed by atoms with Crippen LogP contribution in [0.1, 0.15) is 16.2 Å². The molecule has 0 aliphatic carbocycles. The van der Waals surface area contributed by atoms with Crippen molar-refractivity contribution >= 4 is 22.5 Å². The van der Waals surface area contributed by atoms with Crippen molar-refractivity contribution in [1.29, 1.82) is 0 Å². The van der Waals surface area contributed by atoms with Crippen molar-refractivity contribution in [3.63, 3.8) is 0 Å². The molecule has 0 spiro atoms. The van der Waals surface area contributed by atoms with Gasteiger partial charge in [-0.1, -0.05) is 23.4 Å². The molecular formula is C19H14N4O2. The first-order chi connectivity index (χ1) is 12.2. The van der Waals surface area contributed by atoms with E-state index in [1.807, 2.05) is 30.3 Å². The Labute approximate surface area is 143 Å². The molecule has 2 heterocycles. The Morgan fingerprint density at radius 2 is 1.84 bits per heavy atom. The van der Waals surface area contributed by atoms with E-state index in [2.05, 4.69) is 20.4 Å². The Morgan fingerprint density at radius 3 is 2.60 bits per heavy atom. The highest BCUT2D eigenvalue weighted by atomic mass is 16.5. The van der Waals surface area contributed by atoms with Gasteiger partial charge in [-0.05, 0) is 43.3 Å². The largest absolute Gasteiger partial charge is 0.334 e. The number of aryl methyl sites for hydroxylation is 1. The van der Waals surface area contributed by atoms with E-state index in [1.165, 1.54) is 0 Å². The quantitative estimate of drug-likeness (QED) is 0.617. The van der Waals surface area contributed by atoms with Gasteiger partial charge in [-0.15, -0.1) is 0 Å². The lowest BCUT2D eigenvalue weighted by Gasteiger charge is -2.08. The Morgan fingerprint density at radius 1 is 1.04 bits per heavy atom. The molecule has 2 aromatic carbocycles. The number of fused-ring (bicyclic) bond motifs is 1. The predicted molar refractivity (Wildman–Crippen MR) is 94.2 cm³/mol. The van der Waals surface area contributed by atoms with Gasteiger partial charge in [-0.2, -0.15) is 4.98 Å². The number of nitrogens with one attached hydrogen (secondary N) is 1. The molecule has 0 saturated heterocycles. The SMILES string of the molecule is Cc1noc(-c2ccc(C(=O)Nc3cccc4cccnc34)cc2)n1. The van der Waals surface area contributed by atoms with Crippen LogP contribution in [0.2, 0.25) is 0 Å². The van der Waals surface area contributed by atoms with Crippen molar-refractivity contribution in [1.82, 2.24) is 15.1 Å². The first-order valence-electron chi connectivity index (χ1n) is 7.76. The molecule has 0 unspecified atom stereocenters. The lowest BCUT2D eigenvalue weighted by molar-refractivity contribution is 0.102. The van der Waals surface area contributed by atoms with Crippen LogP contribution in [-0.2, 0) is 0 Å². The van der Waals surface area contributed by atoms with Gasteiger partial charge in [-0.25, -0.2) is 0 Å². The Balaban J connectivity index is 1.58. The van der Waals surface area contributed by atoms with Gasteiger partial charge < -0.3 is 9.84 Å². The van der Waals surface area contributed by atoms with E-state index < -0.39 is 0 Å². The number of anilines is 1. The molecule has 0 fully saturated rings. The molecular weight excluding hydrogens is 316 g/mol. The molecule has 2 aromatic heterocycles. The van der Waals surface area contributed by atoms with E-state index in [4.69, 9.17) is 4.52 Å². The third kappa shape index (κ3) is 2.97. The van der Waals surface area contributed by atoms with Crippen LogP contribution in [0.5, 0.6) is 0 Å². The third-order valence-corrected chi connectivity index (χ3v) is 3.80. The summed E-state index contributed by atoms with van der Waals surface area (Å²) < 4.78 is 5.12. The van der Waals surface area contributed by atoms with Crippen LogP contribution in [-0.4, -0.2) is 21.0 Å². The summed E-state index contributed by atoms with van der Waals surface area (Å²) in [6.07, 6.45) is 1.71. The summed E-state index contributed by atoms with van der Waals surface area (Å²) in [4.78, 5) is 21.0.